The Morgan fingerprint density at radius 2 is 1.02 bits per heavy atom. The quantitative estimate of drug-likeness (QED) is 0.193. The molecule has 0 aliphatic heterocycles. The molecule has 0 spiro atoms. The summed E-state index contributed by atoms with van der Waals surface area (Å²) < 4.78 is 0. The fraction of sp³-hybridized carbons (Fsp3) is 0.0698. The summed E-state index contributed by atoms with van der Waals surface area (Å²) in [6, 6.07) is 55.7. The molecule has 0 heterocycles. The van der Waals surface area contributed by atoms with E-state index in [2.05, 4.69) is 170 Å². The van der Waals surface area contributed by atoms with Crippen LogP contribution in [-0.2, 0) is 5.41 Å². The Morgan fingerprint density at radius 3 is 1.75 bits per heavy atom. The van der Waals surface area contributed by atoms with Crippen LogP contribution in [0.15, 0.2) is 152 Å². The average Bonchev–Trinajstić information content (AvgIpc) is 3.08. The molecule has 208 valence electrons. The lowest BCUT2D eigenvalue weighted by Crippen LogP contribution is -2.23. The molecular formula is C43H31N. The third-order valence-electron chi connectivity index (χ3n) is 9.79. The Labute approximate surface area is 258 Å². The molecule has 0 aromatic heterocycles. The Morgan fingerprint density at radius 1 is 0.409 bits per heavy atom. The predicted molar refractivity (Wildman–Crippen MR) is 188 cm³/mol. The second-order valence-corrected chi connectivity index (χ2v) is 12.6. The fourth-order valence-corrected chi connectivity index (χ4v) is 7.70. The molecule has 0 N–H and O–H groups in total. The van der Waals surface area contributed by atoms with Gasteiger partial charge in [-0.3, -0.25) is 0 Å². The van der Waals surface area contributed by atoms with Crippen molar-refractivity contribution in [1.29, 1.82) is 0 Å². The molecule has 1 nitrogen and oxygen atoms in total. The van der Waals surface area contributed by atoms with Crippen molar-refractivity contribution >= 4 is 49.4 Å². The van der Waals surface area contributed by atoms with Gasteiger partial charge in [0.05, 0.1) is 0 Å². The molecule has 9 rings (SSSR count). The highest BCUT2D eigenvalue weighted by Gasteiger charge is 2.34. The van der Waals surface area contributed by atoms with E-state index in [1.54, 1.807) is 0 Å². The van der Waals surface area contributed by atoms with Crippen molar-refractivity contribution in [1.82, 2.24) is 0 Å². The molecular weight excluding hydrogens is 530 g/mol. The minimum Gasteiger partial charge on any atom is -0.311 e. The van der Waals surface area contributed by atoms with Crippen molar-refractivity contribution in [2.45, 2.75) is 19.3 Å². The molecule has 0 saturated heterocycles. The molecule has 0 saturated carbocycles. The van der Waals surface area contributed by atoms with Gasteiger partial charge in [0.15, 0.2) is 0 Å². The molecule has 1 heteroatoms. The highest BCUT2D eigenvalue weighted by Crippen LogP contribution is 2.52. The van der Waals surface area contributed by atoms with Crippen LogP contribution in [0.2, 0.25) is 0 Å². The molecule has 0 fully saturated rings. The Hall–Kier alpha value is -5.40. The molecule has 0 unspecified atom stereocenters. The van der Waals surface area contributed by atoms with Crippen molar-refractivity contribution < 1.29 is 0 Å². The van der Waals surface area contributed by atoms with Gasteiger partial charge in [0.25, 0.3) is 0 Å². The lowest BCUT2D eigenvalue weighted by atomic mass is 9.67. The third kappa shape index (κ3) is 3.53. The van der Waals surface area contributed by atoms with Gasteiger partial charge >= 0.3 is 0 Å². The van der Waals surface area contributed by atoms with Crippen LogP contribution in [0.1, 0.15) is 25.0 Å². The van der Waals surface area contributed by atoms with Gasteiger partial charge in [0.1, 0.15) is 0 Å². The maximum atomic E-state index is 2.44. The summed E-state index contributed by atoms with van der Waals surface area (Å²) >= 11 is 0. The number of nitrogens with zero attached hydrogens (tertiary/aromatic N) is 1. The van der Waals surface area contributed by atoms with E-state index in [-0.39, 0.29) is 5.41 Å². The van der Waals surface area contributed by atoms with Crippen molar-refractivity contribution in [3.05, 3.63) is 163 Å². The summed E-state index contributed by atoms with van der Waals surface area (Å²) in [5, 5.41) is 8.11. The average molecular weight is 562 g/mol. The summed E-state index contributed by atoms with van der Waals surface area (Å²) in [4.78, 5) is 2.31. The summed E-state index contributed by atoms with van der Waals surface area (Å²) in [7, 11) is 0. The van der Waals surface area contributed by atoms with Crippen LogP contribution < -0.4 is 4.90 Å². The highest BCUT2D eigenvalue weighted by atomic mass is 15.1. The zero-order valence-corrected chi connectivity index (χ0v) is 24.9. The van der Waals surface area contributed by atoms with E-state index in [1.807, 2.05) is 0 Å². The molecule has 44 heavy (non-hydrogen) atoms. The van der Waals surface area contributed by atoms with Crippen molar-refractivity contribution in [3.8, 4) is 22.3 Å². The summed E-state index contributed by atoms with van der Waals surface area (Å²) in [5.74, 6) is 0. The standard InChI is InChI=1S/C43H31N/c1-43(2)38-16-10-9-15-35(38)37-27-30-20-24-34(36-25-19-29-21-26-39(43)42(37)41(29)40(30)36)28-17-22-33(23-18-28)44(31-11-5-3-6-12-31)32-13-7-4-8-14-32/h3-27H,1-2H3. The molecule has 8 aromatic rings. The van der Waals surface area contributed by atoms with E-state index < -0.39 is 0 Å². The van der Waals surface area contributed by atoms with Gasteiger partial charge in [-0.1, -0.05) is 123 Å². The Kier molecular flexibility index (Phi) is 5.31. The lowest BCUT2D eigenvalue weighted by molar-refractivity contribution is 0.645. The number of rotatable bonds is 4. The first-order valence-corrected chi connectivity index (χ1v) is 15.5. The van der Waals surface area contributed by atoms with Crippen LogP contribution in [-0.4, -0.2) is 0 Å². The number of fused-ring (bicyclic) bond motifs is 2. The molecule has 0 radical (unpaired) electrons. The van der Waals surface area contributed by atoms with Gasteiger partial charge in [-0.05, 0) is 108 Å². The lowest BCUT2D eigenvalue weighted by Gasteiger charge is -2.36. The van der Waals surface area contributed by atoms with E-state index in [9.17, 15) is 0 Å². The topological polar surface area (TPSA) is 3.24 Å². The molecule has 0 bridgehead atoms. The summed E-state index contributed by atoms with van der Waals surface area (Å²) in [6.07, 6.45) is 0. The number of para-hydroxylation sites is 2. The molecule has 1 aliphatic carbocycles. The monoisotopic (exact) mass is 561 g/mol. The van der Waals surface area contributed by atoms with E-state index in [0.717, 1.165) is 17.1 Å². The van der Waals surface area contributed by atoms with Gasteiger partial charge in [-0.2, -0.15) is 0 Å². The minimum absolute atomic E-state index is 0.0616. The van der Waals surface area contributed by atoms with E-state index in [0.29, 0.717) is 0 Å². The molecule has 0 amide bonds. The number of hydrogen-bond donors (Lipinski definition) is 0. The van der Waals surface area contributed by atoms with Gasteiger partial charge in [0, 0.05) is 22.5 Å². The van der Waals surface area contributed by atoms with Crippen LogP contribution in [0, 0.1) is 0 Å². The highest BCUT2D eigenvalue weighted by molar-refractivity contribution is 6.29. The number of hydrogen-bond acceptors (Lipinski definition) is 1. The van der Waals surface area contributed by atoms with Crippen LogP contribution >= 0.6 is 0 Å². The second-order valence-electron chi connectivity index (χ2n) is 12.6. The van der Waals surface area contributed by atoms with Gasteiger partial charge in [0.2, 0.25) is 0 Å². The SMILES string of the molecule is CC1(C)c2ccccc2-c2cc3ccc(-c4ccc(N(c5ccccc5)c5ccccc5)cc4)c4ccc5ccc1c2c5c34. The molecule has 0 atom stereocenters. The largest absolute Gasteiger partial charge is 0.311 e. The first-order valence-electron chi connectivity index (χ1n) is 15.5. The van der Waals surface area contributed by atoms with E-state index in [1.165, 1.54) is 65.7 Å². The van der Waals surface area contributed by atoms with E-state index >= 15 is 0 Å². The van der Waals surface area contributed by atoms with Crippen LogP contribution in [0.25, 0.3) is 54.6 Å². The molecule has 1 aliphatic rings. The predicted octanol–water partition coefficient (Wildman–Crippen LogP) is 12.0. The number of benzene rings is 8. The first kappa shape index (κ1) is 25.1. The smallest absolute Gasteiger partial charge is 0.0462 e. The van der Waals surface area contributed by atoms with Crippen LogP contribution in [0.4, 0.5) is 17.1 Å². The Balaban J connectivity index is 1.24. The van der Waals surface area contributed by atoms with Crippen LogP contribution in [0.3, 0.4) is 0 Å². The summed E-state index contributed by atoms with van der Waals surface area (Å²) in [5.41, 5.74) is 11.4. The third-order valence-corrected chi connectivity index (χ3v) is 9.79. The zero-order chi connectivity index (χ0) is 29.4. The number of anilines is 3. The van der Waals surface area contributed by atoms with Gasteiger partial charge < -0.3 is 4.90 Å². The first-order chi connectivity index (χ1) is 21.6. The van der Waals surface area contributed by atoms with Crippen LogP contribution in [0.5, 0.6) is 0 Å². The second kappa shape index (κ2) is 9.30. The van der Waals surface area contributed by atoms with Gasteiger partial charge in [-0.25, -0.2) is 0 Å². The maximum absolute atomic E-state index is 2.44. The minimum atomic E-state index is -0.0616. The zero-order valence-electron chi connectivity index (χ0n) is 24.9. The van der Waals surface area contributed by atoms with Crippen molar-refractivity contribution in [2.75, 3.05) is 4.90 Å². The fourth-order valence-electron chi connectivity index (χ4n) is 7.70. The maximum Gasteiger partial charge on any atom is 0.0462 e. The van der Waals surface area contributed by atoms with Gasteiger partial charge in [-0.15, -0.1) is 0 Å². The summed E-state index contributed by atoms with van der Waals surface area (Å²) in [6.45, 7) is 4.75. The normalized spacial score (nSPS) is 13.4. The van der Waals surface area contributed by atoms with Crippen molar-refractivity contribution in [2.24, 2.45) is 0 Å². The van der Waals surface area contributed by atoms with E-state index in [4.69, 9.17) is 0 Å². The van der Waals surface area contributed by atoms with Crippen molar-refractivity contribution in [3.63, 3.8) is 0 Å². The molecule has 8 aromatic carbocycles. The Bertz CT molecular complexity index is 2290.